The van der Waals surface area contributed by atoms with Gasteiger partial charge in [-0.2, -0.15) is 0 Å². The third kappa shape index (κ3) is 6.95. The van der Waals surface area contributed by atoms with Gasteiger partial charge in [-0.25, -0.2) is 4.79 Å². The molecule has 2 aromatic carbocycles. The van der Waals surface area contributed by atoms with Crippen LogP contribution in [0.15, 0.2) is 54.6 Å². The van der Waals surface area contributed by atoms with Crippen LogP contribution in [-0.2, 0) is 22.6 Å². The second-order valence-electron chi connectivity index (χ2n) is 9.10. The van der Waals surface area contributed by atoms with Crippen molar-refractivity contribution in [2.24, 2.45) is 0 Å². The molecule has 6 nitrogen and oxygen atoms in total. The summed E-state index contributed by atoms with van der Waals surface area (Å²) >= 11 is 6.42. The van der Waals surface area contributed by atoms with Crippen LogP contribution in [0.2, 0.25) is 5.02 Å². The smallest absolute Gasteiger partial charge is 0.408 e. The number of nitrogens with zero attached hydrogens (tertiary/aromatic N) is 1. The molecule has 0 aromatic heterocycles. The van der Waals surface area contributed by atoms with E-state index in [4.69, 9.17) is 16.3 Å². The molecule has 2 N–H and O–H groups in total. The van der Waals surface area contributed by atoms with E-state index >= 15 is 0 Å². The predicted octanol–water partition coefficient (Wildman–Crippen LogP) is 4.56. The van der Waals surface area contributed by atoms with Gasteiger partial charge in [0.15, 0.2) is 0 Å². The number of nitrogens with one attached hydrogen (secondary N) is 2. The van der Waals surface area contributed by atoms with E-state index in [2.05, 4.69) is 35.7 Å². The molecule has 0 heterocycles. The first-order valence-corrected chi connectivity index (χ1v) is 11.9. The summed E-state index contributed by atoms with van der Waals surface area (Å²) in [5.41, 5.74) is 2.06. The van der Waals surface area contributed by atoms with Crippen LogP contribution < -0.4 is 10.6 Å². The standard InChI is InChI=1S/C26H34ClN3O3/c1-19(28-25(32)33-18-20-9-5-4-6-10-20)24(31)29-22-13-15-26(16-14-22,30(2)3)17-21-11-7-8-12-23(21)27/h4-12,19,22H,13-18H2,1-3H3,(H,28,32)(H,29,31). The predicted molar refractivity (Wildman–Crippen MR) is 131 cm³/mol. The van der Waals surface area contributed by atoms with Crippen molar-refractivity contribution in [1.82, 2.24) is 15.5 Å². The van der Waals surface area contributed by atoms with E-state index in [9.17, 15) is 9.59 Å². The average molecular weight is 472 g/mol. The summed E-state index contributed by atoms with van der Waals surface area (Å²) < 4.78 is 5.21. The number of halogens is 1. The van der Waals surface area contributed by atoms with Gasteiger partial charge >= 0.3 is 6.09 Å². The quantitative estimate of drug-likeness (QED) is 0.592. The van der Waals surface area contributed by atoms with Crippen molar-refractivity contribution >= 4 is 23.6 Å². The number of rotatable bonds is 8. The fourth-order valence-electron chi connectivity index (χ4n) is 4.41. The van der Waals surface area contributed by atoms with Gasteiger partial charge in [-0.05, 0) is 70.3 Å². The zero-order chi connectivity index (χ0) is 23.8. The number of alkyl carbamates (subject to hydrolysis) is 1. The summed E-state index contributed by atoms with van der Waals surface area (Å²) in [4.78, 5) is 27.0. The van der Waals surface area contributed by atoms with E-state index in [1.165, 1.54) is 0 Å². The van der Waals surface area contributed by atoms with Gasteiger partial charge in [0, 0.05) is 16.6 Å². The Morgan fingerprint density at radius 2 is 1.73 bits per heavy atom. The number of carbonyl (C=O) groups excluding carboxylic acids is 2. The average Bonchev–Trinajstić information content (AvgIpc) is 2.81. The first-order chi connectivity index (χ1) is 15.8. The first-order valence-electron chi connectivity index (χ1n) is 11.5. The monoisotopic (exact) mass is 471 g/mol. The number of benzene rings is 2. The Labute approximate surface area is 201 Å². The largest absolute Gasteiger partial charge is 0.445 e. The zero-order valence-corrected chi connectivity index (χ0v) is 20.4. The van der Waals surface area contributed by atoms with Crippen LogP contribution in [0.25, 0.3) is 0 Å². The molecule has 0 radical (unpaired) electrons. The maximum absolute atomic E-state index is 12.6. The molecule has 3 rings (SSSR count). The van der Waals surface area contributed by atoms with Gasteiger partial charge in [-0.1, -0.05) is 60.1 Å². The normalized spacial score (nSPS) is 21.3. The Kier molecular flexibility index (Phi) is 8.75. The first kappa shape index (κ1) is 25.1. The molecule has 0 spiro atoms. The lowest BCUT2D eigenvalue weighted by molar-refractivity contribution is -0.123. The molecule has 1 fully saturated rings. The topological polar surface area (TPSA) is 70.7 Å². The molecule has 7 heteroatoms. The van der Waals surface area contributed by atoms with Crippen molar-refractivity contribution in [3.8, 4) is 0 Å². The van der Waals surface area contributed by atoms with Gasteiger partial charge in [-0.3, -0.25) is 4.79 Å². The highest BCUT2D eigenvalue weighted by molar-refractivity contribution is 6.31. The van der Waals surface area contributed by atoms with Gasteiger partial charge in [0.25, 0.3) is 0 Å². The maximum Gasteiger partial charge on any atom is 0.408 e. The molecule has 0 aliphatic heterocycles. The second-order valence-corrected chi connectivity index (χ2v) is 9.50. The molecule has 2 aromatic rings. The summed E-state index contributed by atoms with van der Waals surface area (Å²) in [6, 6.07) is 16.9. The molecule has 2 amide bonds. The number of likely N-dealkylation sites (N-methyl/N-ethyl adjacent to an activating group) is 1. The number of hydrogen-bond donors (Lipinski definition) is 2. The van der Waals surface area contributed by atoms with E-state index in [0.717, 1.165) is 48.3 Å². The van der Waals surface area contributed by atoms with Crippen LogP contribution in [0.5, 0.6) is 0 Å². The lowest BCUT2D eigenvalue weighted by Gasteiger charge is -2.45. The van der Waals surface area contributed by atoms with E-state index < -0.39 is 12.1 Å². The Balaban J connectivity index is 1.47. The van der Waals surface area contributed by atoms with Crippen LogP contribution >= 0.6 is 11.6 Å². The minimum Gasteiger partial charge on any atom is -0.445 e. The molecule has 1 aliphatic rings. The number of ether oxygens (including phenoxy) is 1. The molecule has 33 heavy (non-hydrogen) atoms. The van der Waals surface area contributed by atoms with Crippen LogP contribution in [0.3, 0.4) is 0 Å². The zero-order valence-electron chi connectivity index (χ0n) is 19.6. The lowest BCUT2D eigenvalue weighted by atomic mass is 9.74. The number of amides is 2. The SMILES string of the molecule is CC(NC(=O)OCc1ccccc1)C(=O)NC1CCC(Cc2ccccc2Cl)(N(C)C)CC1. The summed E-state index contributed by atoms with van der Waals surface area (Å²) in [6.07, 6.45) is 3.94. The van der Waals surface area contributed by atoms with Crippen molar-refractivity contribution in [1.29, 1.82) is 0 Å². The van der Waals surface area contributed by atoms with E-state index in [-0.39, 0.29) is 24.1 Å². The molecule has 1 aliphatic carbocycles. The molecule has 0 saturated heterocycles. The van der Waals surface area contributed by atoms with Gasteiger partial charge in [0.05, 0.1) is 0 Å². The van der Waals surface area contributed by atoms with Crippen molar-refractivity contribution in [3.05, 3.63) is 70.7 Å². The minimum atomic E-state index is -0.670. The Morgan fingerprint density at radius 3 is 2.36 bits per heavy atom. The lowest BCUT2D eigenvalue weighted by Crippen LogP contribution is -2.54. The summed E-state index contributed by atoms with van der Waals surface area (Å²) in [5.74, 6) is -0.194. The molecule has 1 unspecified atom stereocenters. The van der Waals surface area contributed by atoms with Gasteiger partial charge < -0.3 is 20.3 Å². The van der Waals surface area contributed by atoms with Gasteiger partial charge in [-0.15, -0.1) is 0 Å². The van der Waals surface area contributed by atoms with Gasteiger partial charge in [0.1, 0.15) is 12.6 Å². The molecular formula is C26H34ClN3O3. The minimum absolute atomic E-state index is 0.0112. The maximum atomic E-state index is 12.6. The fourth-order valence-corrected chi connectivity index (χ4v) is 4.61. The Hall–Kier alpha value is -2.57. The van der Waals surface area contributed by atoms with Crippen molar-refractivity contribution in [3.63, 3.8) is 0 Å². The third-order valence-electron chi connectivity index (χ3n) is 6.63. The number of carbonyl (C=O) groups is 2. The third-order valence-corrected chi connectivity index (χ3v) is 7.00. The van der Waals surface area contributed by atoms with Crippen LogP contribution in [0.1, 0.15) is 43.7 Å². The van der Waals surface area contributed by atoms with E-state index in [1.807, 2.05) is 48.5 Å². The fraction of sp³-hybridized carbons (Fsp3) is 0.462. The van der Waals surface area contributed by atoms with Crippen molar-refractivity contribution < 1.29 is 14.3 Å². The highest BCUT2D eigenvalue weighted by Gasteiger charge is 2.38. The summed E-state index contributed by atoms with van der Waals surface area (Å²) in [6.45, 7) is 1.84. The molecular weight excluding hydrogens is 438 g/mol. The van der Waals surface area contributed by atoms with E-state index in [1.54, 1.807) is 6.92 Å². The molecule has 1 saturated carbocycles. The van der Waals surface area contributed by atoms with Crippen LogP contribution in [0, 0.1) is 0 Å². The Bertz CT molecular complexity index is 927. The van der Waals surface area contributed by atoms with Crippen LogP contribution in [0.4, 0.5) is 4.79 Å². The Morgan fingerprint density at radius 1 is 1.09 bits per heavy atom. The molecule has 1 atom stereocenters. The molecule has 0 bridgehead atoms. The summed E-state index contributed by atoms with van der Waals surface area (Å²) in [5, 5.41) is 6.51. The van der Waals surface area contributed by atoms with E-state index in [0.29, 0.717) is 0 Å². The van der Waals surface area contributed by atoms with Crippen LogP contribution in [-0.4, -0.2) is 48.6 Å². The van der Waals surface area contributed by atoms with Gasteiger partial charge in [0.2, 0.25) is 5.91 Å². The van der Waals surface area contributed by atoms with Crippen molar-refractivity contribution in [2.45, 2.75) is 63.3 Å². The highest BCUT2D eigenvalue weighted by atomic mass is 35.5. The molecule has 178 valence electrons. The van der Waals surface area contributed by atoms with Crippen molar-refractivity contribution in [2.75, 3.05) is 14.1 Å². The second kappa shape index (κ2) is 11.5. The highest BCUT2D eigenvalue weighted by Crippen LogP contribution is 2.36. The summed E-state index contributed by atoms with van der Waals surface area (Å²) in [7, 11) is 4.23. The number of hydrogen-bond acceptors (Lipinski definition) is 4.